The molecule has 0 aromatic carbocycles. The van der Waals surface area contributed by atoms with Crippen molar-refractivity contribution in [3.8, 4) is 0 Å². The van der Waals surface area contributed by atoms with Crippen LogP contribution in [0.2, 0.25) is 0 Å². The summed E-state index contributed by atoms with van der Waals surface area (Å²) in [6, 6.07) is -0.0578. The van der Waals surface area contributed by atoms with Gasteiger partial charge in [-0.05, 0) is 48.9 Å². The summed E-state index contributed by atoms with van der Waals surface area (Å²) in [7, 11) is 0. The number of nitrogens with two attached hydrogens (primary N) is 1. The molecule has 1 aromatic rings. The number of carbonyl (C=O) groups is 1. The van der Waals surface area contributed by atoms with E-state index in [1.165, 1.54) is 30.6 Å². The Labute approximate surface area is 136 Å². The Kier molecular flexibility index (Phi) is 4.29. The Morgan fingerprint density at radius 1 is 1.55 bits per heavy atom. The average molecular weight is 321 g/mol. The van der Waals surface area contributed by atoms with Gasteiger partial charge in [0.25, 0.3) is 5.91 Å². The number of nitrogens with one attached hydrogen (secondary N) is 1. The zero-order valence-electron chi connectivity index (χ0n) is 13.8. The minimum atomic E-state index is -0.0578. The molecule has 1 amide bonds. The summed E-state index contributed by atoms with van der Waals surface area (Å²) in [5.41, 5.74) is 6.95. The lowest BCUT2D eigenvalue weighted by Crippen LogP contribution is -2.54. The van der Waals surface area contributed by atoms with E-state index in [0.29, 0.717) is 17.0 Å². The Morgan fingerprint density at radius 2 is 2.32 bits per heavy atom. The van der Waals surface area contributed by atoms with E-state index in [1.807, 2.05) is 12.3 Å². The van der Waals surface area contributed by atoms with E-state index >= 15 is 0 Å². The van der Waals surface area contributed by atoms with Gasteiger partial charge in [0, 0.05) is 11.9 Å². The van der Waals surface area contributed by atoms with E-state index in [1.54, 1.807) is 0 Å². The number of aromatic nitrogens is 1. The average Bonchev–Trinajstić information content (AvgIpc) is 3.01. The van der Waals surface area contributed by atoms with Crippen LogP contribution >= 0.6 is 11.3 Å². The second-order valence-electron chi connectivity index (χ2n) is 7.49. The smallest absolute Gasteiger partial charge is 0.270 e. The van der Waals surface area contributed by atoms with Gasteiger partial charge >= 0.3 is 0 Å². The van der Waals surface area contributed by atoms with Crippen molar-refractivity contribution in [2.45, 2.75) is 52.5 Å². The zero-order chi connectivity index (χ0) is 15.9. The number of amides is 1. The van der Waals surface area contributed by atoms with Crippen LogP contribution in [0.25, 0.3) is 0 Å². The maximum atomic E-state index is 12.3. The van der Waals surface area contributed by atoms with E-state index in [4.69, 9.17) is 5.73 Å². The predicted octanol–water partition coefficient (Wildman–Crippen LogP) is 3.36. The number of fused-ring (bicyclic) bond motifs is 2. The highest BCUT2D eigenvalue weighted by atomic mass is 32.1. The summed E-state index contributed by atoms with van der Waals surface area (Å²) in [5.74, 6) is 2.25. The molecule has 3 N–H and O–H groups in total. The molecular weight excluding hydrogens is 294 g/mol. The molecule has 22 heavy (non-hydrogen) atoms. The summed E-state index contributed by atoms with van der Waals surface area (Å²) in [6.07, 6.45) is 4.76. The van der Waals surface area contributed by atoms with Crippen LogP contribution in [0, 0.1) is 23.2 Å². The highest BCUT2D eigenvalue weighted by molar-refractivity contribution is 7.09. The topological polar surface area (TPSA) is 68.0 Å². The Hall–Kier alpha value is -0.940. The summed E-state index contributed by atoms with van der Waals surface area (Å²) in [6.45, 7) is 7.59. The maximum Gasteiger partial charge on any atom is 0.270 e. The van der Waals surface area contributed by atoms with Gasteiger partial charge in [-0.15, -0.1) is 11.3 Å². The molecule has 3 aliphatic rings. The molecule has 3 saturated carbocycles. The van der Waals surface area contributed by atoms with E-state index in [9.17, 15) is 4.79 Å². The van der Waals surface area contributed by atoms with Crippen LogP contribution < -0.4 is 11.1 Å². The first kappa shape index (κ1) is 15.9. The van der Waals surface area contributed by atoms with Crippen molar-refractivity contribution in [2.24, 2.45) is 28.9 Å². The zero-order valence-corrected chi connectivity index (χ0v) is 14.6. The Morgan fingerprint density at radius 3 is 2.95 bits per heavy atom. The summed E-state index contributed by atoms with van der Waals surface area (Å²) in [4.78, 5) is 16.7. The van der Waals surface area contributed by atoms with Crippen LogP contribution in [0.3, 0.4) is 0 Å². The minimum Gasteiger partial charge on any atom is -0.350 e. The highest BCUT2D eigenvalue weighted by Crippen LogP contribution is 2.61. The first-order valence-corrected chi connectivity index (χ1v) is 9.30. The molecule has 1 aromatic heterocycles. The van der Waals surface area contributed by atoms with Crippen molar-refractivity contribution in [3.63, 3.8) is 0 Å². The monoisotopic (exact) mass is 321 g/mol. The lowest BCUT2D eigenvalue weighted by molar-refractivity contribution is -0.103. The lowest BCUT2D eigenvalue weighted by Gasteiger charge is -2.60. The van der Waals surface area contributed by atoms with Gasteiger partial charge in [-0.1, -0.05) is 20.8 Å². The molecule has 0 radical (unpaired) electrons. The molecule has 3 fully saturated rings. The number of nitrogens with zero attached hydrogens (tertiary/aromatic N) is 1. The second-order valence-corrected chi connectivity index (χ2v) is 8.38. The first-order valence-electron chi connectivity index (χ1n) is 8.42. The second kappa shape index (κ2) is 5.93. The molecule has 5 heteroatoms. The van der Waals surface area contributed by atoms with Crippen LogP contribution in [0.4, 0.5) is 0 Å². The van der Waals surface area contributed by atoms with E-state index < -0.39 is 0 Å². The van der Waals surface area contributed by atoms with Gasteiger partial charge in [0.15, 0.2) is 0 Å². The van der Waals surface area contributed by atoms with Crippen molar-refractivity contribution >= 4 is 17.2 Å². The SMILES string of the molecule is CCC(N)c1nc(C(=O)NCC2CCC3CC2C3(C)C)cs1. The molecule has 0 aliphatic heterocycles. The van der Waals surface area contributed by atoms with E-state index in [2.05, 4.69) is 24.1 Å². The summed E-state index contributed by atoms with van der Waals surface area (Å²) < 4.78 is 0. The Balaban J connectivity index is 1.55. The van der Waals surface area contributed by atoms with Gasteiger partial charge < -0.3 is 11.1 Å². The van der Waals surface area contributed by atoms with Crippen LogP contribution in [-0.2, 0) is 0 Å². The molecule has 4 atom stereocenters. The number of hydrogen-bond acceptors (Lipinski definition) is 4. The fourth-order valence-corrected chi connectivity index (χ4v) is 5.14. The molecule has 122 valence electrons. The standard InChI is InChI=1S/C17H27N3OS/c1-4-13(18)16-20-14(9-22-16)15(21)19-8-10-5-6-11-7-12(10)17(11,2)3/h9-13H,4-8,18H2,1-3H3,(H,19,21). The fourth-order valence-electron chi connectivity index (χ4n) is 4.26. The van der Waals surface area contributed by atoms with Crippen LogP contribution in [0.15, 0.2) is 5.38 Å². The minimum absolute atomic E-state index is 0.0509. The third-order valence-electron chi connectivity index (χ3n) is 6.04. The molecule has 4 nitrogen and oxygen atoms in total. The first-order chi connectivity index (χ1) is 10.4. The van der Waals surface area contributed by atoms with Gasteiger partial charge in [-0.25, -0.2) is 4.98 Å². The summed E-state index contributed by atoms with van der Waals surface area (Å²) >= 11 is 1.48. The van der Waals surface area contributed by atoms with Gasteiger partial charge in [-0.3, -0.25) is 4.79 Å². The number of thiazole rings is 1. The largest absolute Gasteiger partial charge is 0.350 e. The molecule has 3 aliphatic carbocycles. The van der Waals surface area contributed by atoms with Crippen molar-refractivity contribution < 1.29 is 4.79 Å². The van der Waals surface area contributed by atoms with Crippen molar-refractivity contribution in [1.82, 2.24) is 10.3 Å². The predicted molar refractivity (Wildman–Crippen MR) is 89.8 cm³/mol. The van der Waals surface area contributed by atoms with Gasteiger partial charge in [-0.2, -0.15) is 0 Å². The van der Waals surface area contributed by atoms with Gasteiger partial charge in [0.05, 0.1) is 6.04 Å². The maximum absolute atomic E-state index is 12.3. The molecule has 4 rings (SSSR count). The van der Waals surface area contributed by atoms with Crippen LogP contribution in [-0.4, -0.2) is 17.4 Å². The van der Waals surface area contributed by atoms with Gasteiger partial charge in [0.2, 0.25) is 0 Å². The molecule has 2 bridgehead atoms. The third-order valence-corrected chi connectivity index (χ3v) is 7.01. The van der Waals surface area contributed by atoms with Crippen LogP contribution in [0.1, 0.15) is 68.0 Å². The highest BCUT2D eigenvalue weighted by Gasteiger charge is 2.53. The summed E-state index contributed by atoms with van der Waals surface area (Å²) in [5, 5.41) is 5.77. The third kappa shape index (κ3) is 2.69. The molecule has 4 unspecified atom stereocenters. The van der Waals surface area contributed by atoms with E-state index in [-0.39, 0.29) is 11.9 Å². The molecule has 1 heterocycles. The lowest BCUT2D eigenvalue weighted by atomic mass is 9.45. The molecular formula is C17H27N3OS. The normalized spacial score (nSPS) is 30.5. The van der Waals surface area contributed by atoms with Crippen molar-refractivity contribution in [2.75, 3.05) is 6.54 Å². The number of carbonyl (C=O) groups excluding carboxylic acids is 1. The molecule has 0 spiro atoms. The molecule has 0 saturated heterocycles. The van der Waals surface area contributed by atoms with Crippen LogP contribution in [0.5, 0.6) is 0 Å². The number of rotatable bonds is 5. The number of hydrogen-bond donors (Lipinski definition) is 2. The fraction of sp³-hybridized carbons (Fsp3) is 0.765. The van der Waals surface area contributed by atoms with Gasteiger partial charge in [0.1, 0.15) is 10.7 Å². The quantitative estimate of drug-likeness (QED) is 0.874. The van der Waals surface area contributed by atoms with Crippen molar-refractivity contribution in [3.05, 3.63) is 16.1 Å². The van der Waals surface area contributed by atoms with E-state index in [0.717, 1.165) is 29.8 Å². The van der Waals surface area contributed by atoms with Crippen molar-refractivity contribution in [1.29, 1.82) is 0 Å². The Bertz CT molecular complexity index is 552.